The van der Waals surface area contributed by atoms with Gasteiger partial charge in [-0.15, -0.1) is 12.4 Å². The zero-order valence-electron chi connectivity index (χ0n) is 16.9. The number of hydrogen-bond donors (Lipinski definition) is 1. The normalized spacial score (nSPS) is 11.1. The van der Waals surface area contributed by atoms with Gasteiger partial charge in [0.25, 0.3) is 0 Å². The van der Waals surface area contributed by atoms with Crippen LogP contribution in [0.5, 0.6) is 0 Å². The zero-order chi connectivity index (χ0) is 19.1. The Morgan fingerprint density at radius 3 is 2.32 bits per heavy atom. The number of carbonyl (C=O) groups excluding carboxylic acids is 1. The molecule has 0 atom stereocenters. The van der Waals surface area contributed by atoms with E-state index >= 15 is 0 Å². The third kappa shape index (κ3) is 5.49. The van der Waals surface area contributed by atoms with Crippen molar-refractivity contribution in [1.29, 1.82) is 0 Å². The molecule has 0 unspecified atom stereocenters. The van der Waals surface area contributed by atoms with E-state index in [1.54, 1.807) is 0 Å². The lowest BCUT2D eigenvalue weighted by Crippen LogP contribution is -2.30. The maximum Gasteiger partial charge on any atom is 0.338 e. The van der Waals surface area contributed by atoms with Crippen molar-refractivity contribution in [2.24, 2.45) is 0 Å². The van der Waals surface area contributed by atoms with Gasteiger partial charge < -0.3 is 9.72 Å². The van der Waals surface area contributed by atoms with Gasteiger partial charge in [0.2, 0.25) is 0 Å². The maximum absolute atomic E-state index is 12.5. The molecule has 28 heavy (non-hydrogen) atoms. The molecule has 2 aromatic carbocycles. The number of H-pyrrole nitrogens is 1. The Bertz CT molecular complexity index is 883. The second-order valence-electron chi connectivity index (χ2n) is 7.12. The summed E-state index contributed by atoms with van der Waals surface area (Å²) in [6, 6.07) is 13.9. The standard InChI is InChI=1S/C23H30N2O2.ClH/c1-3-5-13-25(14-6-4-2)15-16-27-23(26)18-11-12-20-19-9-7-8-10-21(19)24-22(20)17-18;/h7-12,17,24H,3-6,13-16H2,1-2H3;1H. The second-order valence-corrected chi connectivity index (χ2v) is 7.12. The van der Waals surface area contributed by atoms with Crippen LogP contribution in [0.1, 0.15) is 49.9 Å². The Morgan fingerprint density at radius 2 is 1.61 bits per heavy atom. The highest BCUT2D eigenvalue weighted by molar-refractivity contribution is 6.08. The van der Waals surface area contributed by atoms with E-state index in [4.69, 9.17) is 4.74 Å². The highest BCUT2D eigenvalue weighted by Gasteiger charge is 2.12. The van der Waals surface area contributed by atoms with Crippen molar-refractivity contribution in [2.75, 3.05) is 26.2 Å². The Morgan fingerprint density at radius 1 is 0.929 bits per heavy atom. The predicted molar refractivity (Wildman–Crippen MR) is 120 cm³/mol. The molecule has 0 aliphatic carbocycles. The first-order valence-corrected chi connectivity index (χ1v) is 10.1. The number of ether oxygens (including phenoxy) is 1. The van der Waals surface area contributed by atoms with Crippen molar-refractivity contribution < 1.29 is 9.53 Å². The number of aromatic amines is 1. The molecule has 0 spiro atoms. The summed E-state index contributed by atoms with van der Waals surface area (Å²) in [4.78, 5) is 18.2. The number of hydrogen-bond acceptors (Lipinski definition) is 3. The van der Waals surface area contributed by atoms with E-state index < -0.39 is 0 Å². The molecule has 1 aromatic heterocycles. The molecule has 0 aliphatic rings. The number of benzene rings is 2. The molecule has 5 heteroatoms. The molecule has 3 rings (SSSR count). The van der Waals surface area contributed by atoms with Crippen LogP contribution in [0.15, 0.2) is 42.5 Å². The summed E-state index contributed by atoms with van der Waals surface area (Å²) in [6.07, 6.45) is 4.75. The van der Waals surface area contributed by atoms with Gasteiger partial charge in [-0.25, -0.2) is 4.79 Å². The van der Waals surface area contributed by atoms with Crippen LogP contribution < -0.4 is 0 Å². The second kappa shape index (κ2) is 11.1. The number of nitrogens with one attached hydrogen (secondary N) is 1. The molecule has 0 fully saturated rings. The lowest BCUT2D eigenvalue weighted by molar-refractivity contribution is 0.0460. The van der Waals surface area contributed by atoms with Gasteiger partial charge >= 0.3 is 5.97 Å². The van der Waals surface area contributed by atoms with E-state index in [1.165, 1.54) is 31.1 Å². The van der Waals surface area contributed by atoms with E-state index in [-0.39, 0.29) is 18.4 Å². The van der Waals surface area contributed by atoms with Gasteiger partial charge in [0.15, 0.2) is 0 Å². The number of halogens is 1. The first kappa shape index (κ1) is 22.3. The molecule has 0 saturated carbocycles. The van der Waals surface area contributed by atoms with Crippen molar-refractivity contribution >= 4 is 40.2 Å². The minimum atomic E-state index is -0.249. The summed E-state index contributed by atoms with van der Waals surface area (Å²) in [6.45, 7) is 7.82. The Hall–Kier alpha value is -2.04. The number of rotatable bonds is 10. The lowest BCUT2D eigenvalue weighted by Gasteiger charge is -2.21. The number of para-hydroxylation sites is 1. The number of fused-ring (bicyclic) bond motifs is 3. The molecule has 0 saturated heterocycles. The van der Waals surface area contributed by atoms with Crippen LogP contribution in [0.2, 0.25) is 0 Å². The molecular weight excluding hydrogens is 372 g/mol. The molecule has 0 bridgehead atoms. The van der Waals surface area contributed by atoms with Gasteiger partial charge in [-0.2, -0.15) is 0 Å². The Kier molecular flexibility index (Phi) is 8.81. The fourth-order valence-corrected chi connectivity index (χ4v) is 3.43. The smallest absolute Gasteiger partial charge is 0.338 e. The average molecular weight is 403 g/mol. The van der Waals surface area contributed by atoms with Crippen molar-refractivity contribution in [2.45, 2.75) is 39.5 Å². The molecule has 0 aliphatic heterocycles. The van der Waals surface area contributed by atoms with Gasteiger partial charge in [0, 0.05) is 28.4 Å². The highest BCUT2D eigenvalue weighted by Crippen LogP contribution is 2.26. The molecule has 4 nitrogen and oxygen atoms in total. The molecule has 0 radical (unpaired) electrons. The summed E-state index contributed by atoms with van der Waals surface area (Å²) in [5, 5.41) is 2.31. The fourth-order valence-electron chi connectivity index (χ4n) is 3.43. The summed E-state index contributed by atoms with van der Waals surface area (Å²) < 4.78 is 5.55. The van der Waals surface area contributed by atoms with E-state index in [1.807, 2.05) is 30.3 Å². The SMILES string of the molecule is CCCCN(CCCC)CCOC(=O)c1ccc2c(c1)[nH]c1ccccc12.Cl. The van der Waals surface area contributed by atoms with Crippen LogP contribution in [0, 0.1) is 0 Å². The van der Waals surface area contributed by atoms with Crippen LogP contribution >= 0.6 is 12.4 Å². The summed E-state index contributed by atoms with van der Waals surface area (Å²) in [5.41, 5.74) is 2.65. The van der Waals surface area contributed by atoms with Crippen LogP contribution in [-0.2, 0) is 4.74 Å². The highest BCUT2D eigenvalue weighted by atomic mass is 35.5. The number of carbonyl (C=O) groups is 1. The van der Waals surface area contributed by atoms with Crippen LogP contribution in [-0.4, -0.2) is 42.1 Å². The van der Waals surface area contributed by atoms with Gasteiger partial charge in [-0.05, 0) is 44.1 Å². The first-order valence-electron chi connectivity index (χ1n) is 10.1. The topological polar surface area (TPSA) is 45.3 Å². The largest absolute Gasteiger partial charge is 0.461 e. The van der Waals surface area contributed by atoms with E-state index in [9.17, 15) is 4.79 Å². The third-order valence-corrected chi connectivity index (χ3v) is 5.04. The Balaban J connectivity index is 0.00000280. The fraction of sp³-hybridized carbons (Fsp3) is 0.435. The predicted octanol–water partition coefficient (Wildman–Crippen LogP) is 5.80. The average Bonchev–Trinajstić information content (AvgIpc) is 3.07. The van der Waals surface area contributed by atoms with E-state index in [0.29, 0.717) is 12.2 Å². The van der Waals surface area contributed by atoms with E-state index in [0.717, 1.165) is 36.1 Å². The monoisotopic (exact) mass is 402 g/mol. The van der Waals surface area contributed by atoms with Gasteiger partial charge in [0.05, 0.1) is 5.56 Å². The maximum atomic E-state index is 12.5. The zero-order valence-corrected chi connectivity index (χ0v) is 17.7. The van der Waals surface area contributed by atoms with Crippen molar-refractivity contribution in [3.05, 3.63) is 48.0 Å². The molecule has 152 valence electrons. The molecular formula is C23H31ClN2O2. The van der Waals surface area contributed by atoms with Crippen LogP contribution in [0.3, 0.4) is 0 Å². The Labute approximate surface area is 173 Å². The molecule has 1 heterocycles. The first-order chi connectivity index (χ1) is 13.2. The summed E-state index contributed by atoms with van der Waals surface area (Å²) in [5.74, 6) is -0.249. The minimum absolute atomic E-state index is 0. The number of unbranched alkanes of at least 4 members (excludes halogenated alkanes) is 2. The number of esters is 1. The quantitative estimate of drug-likeness (QED) is 0.436. The van der Waals surface area contributed by atoms with Gasteiger partial charge in [0.1, 0.15) is 6.61 Å². The molecule has 0 amide bonds. The van der Waals surface area contributed by atoms with Crippen molar-refractivity contribution in [1.82, 2.24) is 9.88 Å². The summed E-state index contributed by atoms with van der Waals surface area (Å²) in [7, 11) is 0. The van der Waals surface area contributed by atoms with Crippen molar-refractivity contribution in [3.63, 3.8) is 0 Å². The van der Waals surface area contributed by atoms with Gasteiger partial charge in [-0.3, -0.25) is 4.90 Å². The third-order valence-electron chi connectivity index (χ3n) is 5.04. The van der Waals surface area contributed by atoms with Crippen LogP contribution in [0.4, 0.5) is 0 Å². The van der Waals surface area contributed by atoms with Gasteiger partial charge in [-0.1, -0.05) is 51.0 Å². The molecule has 3 aromatic rings. The van der Waals surface area contributed by atoms with E-state index in [2.05, 4.69) is 35.9 Å². The van der Waals surface area contributed by atoms with Crippen molar-refractivity contribution in [3.8, 4) is 0 Å². The minimum Gasteiger partial charge on any atom is -0.461 e. The lowest BCUT2D eigenvalue weighted by atomic mass is 10.1. The summed E-state index contributed by atoms with van der Waals surface area (Å²) >= 11 is 0. The molecule has 1 N–H and O–H groups in total. The van der Waals surface area contributed by atoms with Crippen LogP contribution in [0.25, 0.3) is 21.8 Å². The number of aromatic nitrogens is 1. The number of nitrogens with zero attached hydrogens (tertiary/aromatic N) is 1.